The maximum atomic E-state index is 11.7. The Morgan fingerprint density at radius 3 is 2.88 bits per heavy atom. The topological polar surface area (TPSA) is 67.8 Å². The lowest BCUT2D eigenvalue weighted by molar-refractivity contribution is 0.0939. The Balaban J connectivity index is 2.03. The van der Waals surface area contributed by atoms with E-state index in [2.05, 4.69) is 20.5 Å². The molecule has 0 aromatic carbocycles. The van der Waals surface area contributed by atoms with Gasteiger partial charge in [0.2, 0.25) is 5.01 Å². The van der Waals surface area contributed by atoms with Gasteiger partial charge in [-0.05, 0) is 13.8 Å². The van der Waals surface area contributed by atoms with Crippen LogP contribution in [0.4, 0.5) is 0 Å². The Kier molecular flexibility index (Phi) is 3.25. The second-order valence-corrected chi connectivity index (χ2v) is 5.32. The zero-order valence-corrected chi connectivity index (χ0v) is 10.4. The van der Waals surface area contributed by atoms with Crippen molar-refractivity contribution in [3.8, 4) is 0 Å². The van der Waals surface area contributed by atoms with E-state index in [9.17, 15) is 4.79 Å². The van der Waals surface area contributed by atoms with Gasteiger partial charge in [-0.2, -0.15) is 0 Å². The summed E-state index contributed by atoms with van der Waals surface area (Å²) in [6.07, 6.45) is 1.75. The molecule has 7 heteroatoms. The van der Waals surface area contributed by atoms with Crippen molar-refractivity contribution in [1.29, 1.82) is 0 Å². The minimum atomic E-state index is -0.188. The van der Waals surface area contributed by atoms with Crippen LogP contribution in [0.25, 0.3) is 0 Å². The van der Waals surface area contributed by atoms with E-state index >= 15 is 0 Å². The molecular formula is C9H10N4OS2. The van der Waals surface area contributed by atoms with E-state index < -0.39 is 0 Å². The predicted octanol–water partition coefficient (Wildman–Crippen LogP) is 1.79. The van der Waals surface area contributed by atoms with Crippen LogP contribution in [0.5, 0.6) is 0 Å². The van der Waals surface area contributed by atoms with Gasteiger partial charge in [0, 0.05) is 11.1 Å². The molecule has 84 valence electrons. The molecule has 0 fully saturated rings. The Labute approximate surface area is 101 Å². The lowest BCUT2D eigenvalue weighted by Gasteiger charge is -2.09. The van der Waals surface area contributed by atoms with Crippen LogP contribution < -0.4 is 5.32 Å². The number of hydrogen-bond donors (Lipinski definition) is 1. The van der Waals surface area contributed by atoms with E-state index in [1.807, 2.05) is 13.8 Å². The van der Waals surface area contributed by atoms with Crippen LogP contribution >= 0.6 is 22.7 Å². The summed E-state index contributed by atoms with van der Waals surface area (Å²) in [7, 11) is 0. The fraction of sp³-hybridized carbons (Fsp3) is 0.333. The first-order valence-corrected chi connectivity index (χ1v) is 6.36. The number of nitrogens with one attached hydrogen (secondary N) is 1. The molecule has 16 heavy (non-hydrogen) atoms. The number of thiazole rings is 1. The second-order valence-electron chi connectivity index (χ2n) is 3.23. The van der Waals surface area contributed by atoms with Crippen molar-refractivity contribution in [1.82, 2.24) is 20.5 Å². The molecule has 1 N–H and O–H groups in total. The van der Waals surface area contributed by atoms with E-state index in [0.717, 1.165) is 9.88 Å². The molecule has 2 rings (SSSR count). The number of aromatic nitrogens is 3. The highest BCUT2D eigenvalue weighted by Crippen LogP contribution is 2.17. The quantitative estimate of drug-likeness (QED) is 0.906. The SMILES string of the molecule is Cc1nnc(C(=O)N[C@@H](C)c2cncs2)s1. The fourth-order valence-corrected chi connectivity index (χ4v) is 2.38. The van der Waals surface area contributed by atoms with Crippen LogP contribution in [0.3, 0.4) is 0 Å². The van der Waals surface area contributed by atoms with Gasteiger partial charge in [0.05, 0.1) is 11.6 Å². The second kappa shape index (κ2) is 4.67. The number of hydrogen-bond acceptors (Lipinski definition) is 6. The van der Waals surface area contributed by atoms with Crippen molar-refractivity contribution < 1.29 is 4.79 Å². The first-order valence-electron chi connectivity index (χ1n) is 4.66. The molecule has 0 spiro atoms. The molecule has 0 bridgehead atoms. The van der Waals surface area contributed by atoms with Crippen LogP contribution in [-0.2, 0) is 0 Å². The van der Waals surface area contributed by atoms with Crippen molar-refractivity contribution in [3.63, 3.8) is 0 Å². The average Bonchev–Trinajstić information content (AvgIpc) is 2.87. The molecular weight excluding hydrogens is 244 g/mol. The van der Waals surface area contributed by atoms with Gasteiger partial charge in [-0.1, -0.05) is 11.3 Å². The third kappa shape index (κ3) is 2.42. The Hall–Kier alpha value is -1.34. The van der Waals surface area contributed by atoms with E-state index in [1.54, 1.807) is 11.7 Å². The Bertz CT molecular complexity index is 479. The molecule has 1 amide bonds. The van der Waals surface area contributed by atoms with Gasteiger partial charge < -0.3 is 5.32 Å². The molecule has 2 aromatic heterocycles. The van der Waals surface area contributed by atoms with Crippen molar-refractivity contribution in [3.05, 3.63) is 26.6 Å². The predicted molar refractivity (Wildman–Crippen MR) is 62.6 cm³/mol. The number of amides is 1. The van der Waals surface area contributed by atoms with Crippen LogP contribution in [0.15, 0.2) is 11.7 Å². The molecule has 5 nitrogen and oxygen atoms in total. The fourth-order valence-electron chi connectivity index (χ4n) is 1.16. The van der Waals surface area contributed by atoms with Gasteiger partial charge >= 0.3 is 0 Å². The molecule has 0 aliphatic heterocycles. The Morgan fingerprint density at radius 2 is 2.31 bits per heavy atom. The molecule has 0 aliphatic rings. The normalized spacial score (nSPS) is 12.4. The molecule has 2 aromatic rings. The largest absolute Gasteiger partial charge is 0.343 e. The van der Waals surface area contributed by atoms with Gasteiger partial charge in [-0.15, -0.1) is 21.5 Å². The molecule has 0 saturated heterocycles. The summed E-state index contributed by atoms with van der Waals surface area (Å²) in [5.41, 5.74) is 1.74. The third-order valence-corrected chi connectivity index (χ3v) is 3.74. The molecule has 0 saturated carbocycles. The van der Waals surface area contributed by atoms with Gasteiger partial charge in [-0.3, -0.25) is 9.78 Å². The number of carbonyl (C=O) groups is 1. The van der Waals surface area contributed by atoms with E-state index in [1.165, 1.54) is 22.7 Å². The molecule has 0 radical (unpaired) electrons. The lowest BCUT2D eigenvalue weighted by atomic mass is 10.3. The zero-order chi connectivity index (χ0) is 11.5. The molecule has 0 aliphatic carbocycles. The van der Waals surface area contributed by atoms with Crippen LogP contribution in [0.1, 0.15) is 32.7 Å². The average molecular weight is 254 g/mol. The lowest BCUT2D eigenvalue weighted by Crippen LogP contribution is -2.26. The summed E-state index contributed by atoms with van der Waals surface area (Å²) in [4.78, 5) is 16.7. The highest BCUT2D eigenvalue weighted by molar-refractivity contribution is 7.13. The first-order chi connectivity index (χ1) is 7.66. The van der Waals surface area contributed by atoms with Crippen molar-refractivity contribution >= 4 is 28.6 Å². The number of carbonyl (C=O) groups excluding carboxylic acids is 1. The smallest absolute Gasteiger partial charge is 0.282 e. The summed E-state index contributed by atoms with van der Waals surface area (Å²) < 4.78 is 0. The highest BCUT2D eigenvalue weighted by atomic mass is 32.1. The van der Waals surface area contributed by atoms with E-state index in [0.29, 0.717) is 5.01 Å². The minimum Gasteiger partial charge on any atom is -0.343 e. The van der Waals surface area contributed by atoms with Crippen LogP contribution in [0.2, 0.25) is 0 Å². The molecule has 0 unspecified atom stereocenters. The van der Waals surface area contributed by atoms with Crippen LogP contribution in [-0.4, -0.2) is 21.1 Å². The van der Waals surface area contributed by atoms with E-state index in [-0.39, 0.29) is 11.9 Å². The third-order valence-electron chi connectivity index (χ3n) is 1.95. The summed E-state index contributed by atoms with van der Waals surface area (Å²) in [6, 6.07) is -0.0517. The summed E-state index contributed by atoms with van der Waals surface area (Å²) in [5.74, 6) is -0.188. The van der Waals surface area contributed by atoms with Crippen molar-refractivity contribution in [2.75, 3.05) is 0 Å². The first kappa shape index (κ1) is 11.2. The molecule has 2 heterocycles. The highest BCUT2D eigenvalue weighted by Gasteiger charge is 2.15. The summed E-state index contributed by atoms with van der Waals surface area (Å²) in [5, 5.41) is 11.6. The van der Waals surface area contributed by atoms with Crippen molar-refractivity contribution in [2.45, 2.75) is 19.9 Å². The summed E-state index contributed by atoms with van der Waals surface area (Å²) in [6.45, 7) is 3.74. The number of rotatable bonds is 3. The molecule has 1 atom stereocenters. The van der Waals surface area contributed by atoms with E-state index in [4.69, 9.17) is 0 Å². The maximum absolute atomic E-state index is 11.7. The van der Waals surface area contributed by atoms with Crippen LogP contribution in [0, 0.1) is 6.92 Å². The number of aryl methyl sites for hydroxylation is 1. The van der Waals surface area contributed by atoms with Gasteiger partial charge in [-0.25, -0.2) is 0 Å². The standard InChI is InChI=1S/C9H10N4OS2/c1-5(7-3-10-4-15-7)11-8(14)9-13-12-6(2)16-9/h3-5H,1-2H3,(H,11,14)/t5-/m0/s1. The van der Waals surface area contributed by atoms with Gasteiger partial charge in [0.15, 0.2) is 0 Å². The van der Waals surface area contributed by atoms with Gasteiger partial charge in [0.1, 0.15) is 5.01 Å². The summed E-state index contributed by atoms with van der Waals surface area (Å²) >= 11 is 2.80. The maximum Gasteiger partial charge on any atom is 0.282 e. The number of nitrogens with zero attached hydrogens (tertiary/aromatic N) is 3. The Morgan fingerprint density at radius 1 is 1.50 bits per heavy atom. The van der Waals surface area contributed by atoms with Crippen molar-refractivity contribution in [2.24, 2.45) is 0 Å². The monoisotopic (exact) mass is 254 g/mol. The zero-order valence-electron chi connectivity index (χ0n) is 8.80. The minimum absolute atomic E-state index is 0.0517. The van der Waals surface area contributed by atoms with Gasteiger partial charge in [0.25, 0.3) is 5.91 Å².